The molecule has 0 aromatic rings. The highest BCUT2D eigenvalue weighted by Crippen LogP contribution is 2.10. The SMILES string of the molecule is CCCCCC[C@@H](O)C/C=C\CCCCCCCC(=O)OC(=O)COCC(=O)O. The van der Waals surface area contributed by atoms with Gasteiger partial charge in [-0.05, 0) is 32.1 Å². The predicted molar refractivity (Wildman–Crippen MR) is 110 cm³/mol. The molecule has 7 heteroatoms. The molecule has 0 aromatic carbocycles. The van der Waals surface area contributed by atoms with Gasteiger partial charge in [-0.15, -0.1) is 0 Å². The van der Waals surface area contributed by atoms with E-state index < -0.39 is 31.1 Å². The Kier molecular flexibility index (Phi) is 18.4. The molecule has 0 bridgehead atoms. The van der Waals surface area contributed by atoms with Crippen molar-refractivity contribution in [2.45, 2.75) is 96.5 Å². The molecule has 1 atom stereocenters. The maximum absolute atomic E-state index is 11.5. The Bertz CT molecular complexity index is 474. The van der Waals surface area contributed by atoms with Gasteiger partial charge >= 0.3 is 17.9 Å². The van der Waals surface area contributed by atoms with Gasteiger partial charge in [0.15, 0.2) is 0 Å². The van der Waals surface area contributed by atoms with E-state index in [2.05, 4.69) is 28.5 Å². The van der Waals surface area contributed by atoms with Gasteiger partial charge in [-0.25, -0.2) is 9.59 Å². The first-order chi connectivity index (χ1) is 14.0. The van der Waals surface area contributed by atoms with E-state index in [9.17, 15) is 19.5 Å². The van der Waals surface area contributed by atoms with Crippen LogP contribution in [-0.2, 0) is 23.9 Å². The number of hydrogen-bond donors (Lipinski definition) is 2. The summed E-state index contributed by atoms with van der Waals surface area (Å²) < 4.78 is 9.08. The molecule has 7 nitrogen and oxygen atoms in total. The summed E-state index contributed by atoms with van der Waals surface area (Å²) in [6.07, 6.45) is 16.2. The molecule has 29 heavy (non-hydrogen) atoms. The van der Waals surface area contributed by atoms with E-state index in [0.717, 1.165) is 51.4 Å². The standard InChI is InChI=1S/C22H38O7/c1-2-3-4-11-14-19(23)15-12-9-7-5-6-8-10-13-16-21(26)29-22(27)18-28-17-20(24)25/h9,12,19,23H,2-8,10-11,13-18H2,1H3,(H,24,25)/b12-9-/t19-/m1/s1. The average molecular weight is 415 g/mol. The minimum Gasteiger partial charge on any atom is -0.480 e. The fourth-order valence-corrected chi connectivity index (χ4v) is 2.79. The summed E-state index contributed by atoms with van der Waals surface area (Å²) in [7, 11) is 0. The molecule has 0 aromatic heterocycles. The number of carbonyl (C=O) groups excluding carboxylic acids is 2. The Balaban J connectivity index is 3.46. The van der Waals surface area contributed by atoms with Crippen molar-refractivity contribution in [2.75, 3.05) is 13.2 Å². The van der Waals surface area contributed by atoms with E-state index in [-0.39, 0.29) is 12.5 Å². The normalized spacial score (nSPS) is 12.2. The zero-order valence-corrected chi connectivity index (χ0v) is 17.8. The smallest absolute Gasteiger partial charge is 0.339 e. The number of carboxylic acids is 1. The van der Waals surface area contributed by atoms with Gasteiger partial charge in [0.2, 0.25) is 0 Å². The van der Waals surface area contributed by atoms with Gasteiger partial charge in [0.25, 0.3) is 0 Å². The molecule has 0 aliphatic carbocycles. The predicted octanol–water partition coefficient (Wildman–Crippen LogP) is 4.17. The summed E-state index contributed by atoms with van der Waals surface area (Å²) >= 11 is 0. The second-order valence-corrected chi connectivity index (χ2v) is 7.25. The summed E-state index contributed by atoms with van der Waals surface area (Å²) in [6, 6.07) is 0. The molecule has 0 radical (unpaired) electrons. The molecule has 0 rings (SSSR count). The van der Waals surface area contributed by atoms with Gasteiger partial charge < -0.3 is 19.7 Å². The number of carboxylic acid groups (broad SMARTS) is 1. The fraction of sp³-hybridized carbons (Fsp3) is 0.773. The third-order valence-electron chi connectivity index (χ3n) is 4.39. The Labute approximate surface area is 174 Å². The Morgan fingerprint density at radius 3 is 2.28 bits per heavy atom. The molecule has 2 N–H and O–H groups in total. The van der Waals surface area contributed by atoms with E-state index in [1.54, 1.807) is 0 Å². The van der Waals surface area contributed by atoms with Crippen molar-refractivity contribution in [1.29, 1.82) is 0 Å². The molecule has 0 amide bonds. The van der Waals surface area contributed by atoms with Crippen LogP contribution in [-0.4, -0.2) is 47.4 Å². The number of carbonyl (C=O) groups is 3. The van der Waals surface area contributed by atoms with E-state index in [1.165, 1.54) is 19.3 Å². The van der Waals surface area contributed by atoms with Crippen molar-refractivity contribution >= 4 is 17.9 Å². The molecule has 0 saturated heterocycles. The number of esters is 2. The highest BCUT2D eigenvalue weighted by atomic mass is 16.6. The van der Waals surface area contributed by atoms with Gasteiger partial charge in [0, 0.05) is 6.42 Å². The first-order valence-corrected chi connectivity index (χ1v) is 10.8. The van der Waals surface area contributed by atoms with Crippen LogP contribution in [0, 0.1) is 0 Å². The molecular weight excluding hydrogens is 376 g/mol. The lowest BCUT2D eigenvalue weighted by atomic mass is 10.1. The third-order valence-corrected chi connectivity index (χ3v) is 4.39. The molecule has 0 fully saturated rings. The second kappa shape index (κ2) is 19.6. The lowest BCUT2D eigenvalue weighted by Gasteiger charge is -2.07. The molecule has 0 saturated carbocycles. The van der Waals surface area contributed by atoms with Crippen LogP contribution in [0.5, 0.6) is 0 Å². The zero-order valence-electron chi connectivity index (χ0n) is 17.8. The van der Waals surface area contributed by atoms with Crippen molar-refractivity contribution in [3.05, 3.63) is 12.2 Å². The first kappa shape index (κ1) is 27.3. The van der Waals surface area contributed by atoms with Crippen molar-refractivity contribution in [1.82, 2.24) is 0 Å². The summed E-state index contributed by atoms with van der Waals surface area (Å²) in [5, 5.41) is 18.2. The number of aliphatic hydroxyl groups is 1. The van der Waals surface area contributed by atoms with Crippen LogP contribution in [0.15, 0.2) is 12.2 Å². The topological polar surface area (TPSA) is 110 Å². The van der Waals surface area contributed by atoms with Crippen LogP contribution in [0.25, 0.3) is 0 Å². The van der Waals surface area contributed by atoms with Crippen molar-refractivity contribution in [2.24, 2.45) is 0 Å². The monoisotopic (exact) mass is 414 g/mol. The summed E-state index contributed by atoms with van der Waals surface area (Å²) in [5.41, 5.74) is 0. The van der Waals surface area contributed by atoms with Crippen molar-refractivity contribution in [3.63, 3.8) is 0 Å². The molecule has 0 aliphatic rings. The molecule has 168 valence electrons. The molecule has 0 aliphatic heterocycles. The average Bonchev–Trinajstić information content (AvgIpc) is 2.66. The number of rotatable bonds is 19. The van der Waals surface area contributed by atoms with Crippen LogP contribution >= 0.6 is 0 Å². The van der Waals surface area contributed by atoms with Gasteiger partial charge in [0.1, 0.15) is 13.2 Å². The van der Waals surface area contributed by atoms with Crippen LogP contribution in [0.1, 0.15) is 90.4 Å². The number of unbranched alkanes of at least 4 members (excludes halogenated alkanes) is 8. The molecular formula is C22H38O7. The lowest BCUT2D eigenvalue weighted by Crippen LogP contribution is -2.19. The van der Waals surface area contributed by atoms with Gasteiger partial charge in [-0.3, -0.25) is 4.79 Å². The summed E-state index contributed by atoms with van der Waals surface area (Å²) in [5.74, 6) is -2.66. The Hall–Kier alpha value is -1.73. The zero-order chi connectivity index (χ0) is 21.7. The summed E-state index contributed by atoms with van der Waals surface area (Å²) in [4.78, 5) is 32.9. The van der Waals surface area contributed by atoms with E-state index in [1.807, 2.05) is 0 Å². The number of ether oxygens (including phenoxy) is 2. The quantitative estimate of drug-likeness (QED) is 0.141. The first-order valence-electron chi connectivity index (χ1n) is 10.8. The van der Waals surface area contributed by atoms with Gasteiger partial charge in [-0.1, -0.05) is 64.0 Å². The van der Waals surface area contributed by atoms with Crippen molar-refractivity contribution < 1.29 is 34.1 Å². The summed E-state index contributed by atoms with van der Waals surface area (Å²) in [6.45, 7) is 1.04. The van der Waals surface area contributed by atoms with Gasteiger partial charge in [0.05, 0.1) is 6.10 Å². The Morgan fingerprint density at radius 2 is 1.55 bits per heavy atom. The van der Waals surface area contributed by atoms with E-state index in [0.29, 0.717) is 6.42 Å². The second-order valence-electron chi connectivity index (χ2n) is 7.25. The van der Waals surface area contributed by atoms with Crippen molar-refractivity contribution in [3.8, 4) is 0 Å². The Morgan fingerprint density at radius 1 is 0.862 bits per heavy atom. The minimum absolute atomic E-state index is 0.167. The third kappa shape index (κ3) is 20.8. The number of hydrogen-bond acceptors (Lipinski definition) is 6. The number of aliphatic carboxylic acids is 1. The minimum atomic E-state index is -1.19. The van der Waals surface area contributed by atoms with Gasteiger partial charge in [-0.2, -0.15) is 0 Å². The van der Waals surface area contributed by atoms with Crippen LogP contribution < -0.4 is 0 Å². The largest absolute Gasteiger partial charge is 0.480 e. The van der Waals surface area contributed by atoms with Crippen LogP contribution in [0.3, 0.4) is 0 Å². The van der Waals surface area contributed by atoms with E-state index in [4.69, 9.17) is 5.11 Å². The molecule has 0 heterocycles. The molecule has 0 spiro atoms. The maximum atomic E-state index is 11.5. The highest BCUT2D eigenvalue weighted by molar-refractivity contribution is 5.86. The molecule has 0 unspecified atom stereocenters. The number of aliphatic hydroxyl groups excluding tert-OH is 1. The van der Waals surface area contributed by atoms with Crippen LogP contribution in [0.2, 0.25) is 0 Å². The van der Waals surface area contributed by atoms with E-state index >= 15 is 0 Å². The fourth-order valence-electron chi connectivity index (χ4n) is 2.79. The lowest BCUT2D eigenvalue weighted by molar-refractivity contribution is -0.163. The maximum Gasteiger partial charge on any atom is 0.339 e. The highest BCUT2D eigenvalue weighted by Gasteiger charge is 2.11. The van der Waals surface area contributed by atoms with Crippen LogP contribution in [0.4, 0.5) is 0 Å². The number of allylic oxidation sites excluding steroid dienone is 1.